The van der Waals surface area contributed by atoms with E-state index < -0.39 is 0 Å². The predicted molar refractivity (Wildman–Crippen MR) is 206 cm³/mol. The van der Waals surface area contributed by atoms with Gasteiger partial charge in [-0.15, -0.1) is 0 Å². The fourth-order valence-electron chi connectivity index (χ4n) is 9.47. The molecule has 2 aliphatic rings. The number of rotatable bonds is 2. The van der Waals surface area contributed by atoms with Crippen LogP contribution in [0.1, 0.15) is 72.2 Å². The second kappa shape index (κ2) is 9.80. The predicted octanol–water partition coefficient (Wildman–Crippen LogP) is 13.2. The van der Waals surface area contributed by atoms with Gasteiger partial charge in [0, 0.05) is 10.8 Å². The normalized spacial score (nSPS) is 15.0. The Morgan fingerprint density at radius 2 is 0.667 bits per heavy atom. The quantitative estimate of drug-likeness (QED) is 0.169. The highest BCUT2D eigenvalue weighted by molar-refractivity contribution is 6.23. The van der Waals surface area contributed by atoms with E-state index >= 15 is 0 Å². The molecule has 0 N–H and O–H groups in total. The van der Waals surface area contributed by atoms with Crippen molar-refractivity contribution in [3.05, 3.63) is 154 Å². The molecule has 0 bridgehead atoms. The first kappa shape index (κ1) is 29.2. The number of hydrogen-bond acceptors (Lipinski definition) is 0. The summed E-state index contributed by atoms with van der Waals surface area (Å²) in [6, 6.07) is 42.5. The molecule has 0 heteroatoms. The van der Waals surface area contributed by atoms with Crippen LogP contribution in [0.5, 0.6) is 0 Å². The minimum Gasteiger partial charge on any atom is -0.0619 e. The maximum Gasteiger partial charge on any atom is 0.0159 e. The largest absolute Gasteiger partial charge is 0.0619 e. The fourth-order valence-corrected chi connectivity index (χ4v) is 9.47. The Balaban J connectivity index is 1.54. The van der Waals surface area contributed by atoms with Gasteiger partial charge in [0.1, 0.15) is 0 Å². The van der Waals surface area contributed by atoms with Crippen LogP contribution in [0.3, 0.4) is 0 Å². The van der Waals surface area contributed by atoms with Crippen LogP contribution in [0.25, 0.3) is 66.1 Å². The maximum absolute atomic E-state index is 2.57. The fraction of sp³-hybridized carbons (Fsp3) is 0.208. The molecular weight excluding hydrogens is 577 g/mol. The molecule has 0 aliphatic heterocycles. The lowest BCUT2D eigenvalue weighted by molar-refractivity contribution is 0.661. The highest BCUT2D eigenvalue weighted by atomic mass is 14.4. The van der Waals surface area contributed by atoms with Gasteiger partial charge in [-0.25, -0.2) is 0 Å². The molecule has 0 atom stereocenters. The third-order valence-electron chi connectivity index (χ3n) is 11.5. The maximum atomic E-state index is 2.57. The monoisotopic (exact) mass is 618 g/mol. The van der Waals surface area contributed by atoms with Crippen LogP contribution < -0.4 is 0 Å². The third-order valence-corrected chi connectivity index (χ3v) is 11.5. The molecule has 0 aromatic heterocycles. The van der Waals surface area contributed by atoms with E-state index in [0.717, 1.165) is 0 Å². The summed E-state index contributed by atoms with van der Waals surface area (Å²) in [4.78, 5) is 0. The smallest absolute Gasteiger partial charge is 0.0159 e. The molecule has 0 nitrogen and oxygen atoms in total. The van der Waals surface area contributed by atoms with Gasteiger partial charge in [-0.05, 0) is 140 Å². The first-order valence-corrected chi connectivity index (χ1v) is 17.4. The first-order chi connectivity index (χ1) is 22.9. The van der Waals surface area contributed by atoms with E-state index in [1.54, 1.807) is 0 Å². The summed E-state index contributed by atoms with van der Waals surface area (Å²) in [5.74, 6) is 0. The van der Waals surface area contributed by atoms with Gasteiger partial charge < -0.3 is 0 Å². The molecule has 0 fully saturated rings. The Bertz CT molecular complexity index is 2370. The van der Waals surface area contributed by atoms with Crippen LogP contribution in [-0.4, -0.2) is 0 Å². The van der Waals surface area contributed by atoms with E-state index in [1.807, 2.05) is 0 Å². The molecule has 9 rings (SSSR count). The Morgan fingerprint density at radius 3 is 1.04 bits per heavy atom. The zero-order chi connectivity index (χ0) is 33.3. The molecule has 7 aromatic carbocycles. The van der Waals surface area contributed by atoms with Crippen molar-refractivity contribution in [2.75, 3.05) is 0 Å². The van der Waals surface area contributed by atoms with Crippen LogP contribution in [0.4, 0.5) is 0 Å². The Kier molecular flexibility index (Phi) is 5.97. The summed E-state index contributed by atoms with van der Waals surface area (Å²) in [5.41, 5.74) is 21.4. The van der Waals surface area contributed by atoms with Gasteiger partial charge in [-0.3, -0.25) is 0 Å². The zero-order valence-electron chi connectivity index (χ0n) is 29.4. The molecule has 0 amide bonds. The molecule has 0 heterocycles. The Labute approximate surface area is 285 Å². The third kappa shape index (κ3) is 3.96. The van der Waals surface area contributed by atoms with Gasteiger partial charge in [0.2, 0.25) is 0 Å². The van der Waals surface area contributed by atoms with Crippen molar-refractivity contribution in [3.8, 4) is 44.5 Å². The molecule has 48 heavy (non-hydrogen) atoms. The molecule has 0 saturated heterocycles. The van der Waals surface area contributed by atoms with Crippen molar-refractivity contribution in [3.63, 3.8) is 0 Å². The molecule has 2 aliphatic carbocycles. The van der Waals surface area contributed by atoms with Gasteiger partial charge in [0.15, 0.2) is 0 Å². The number of aryl methyl sites for hydroxylation is 4. The highest BCUT2D eigenvalue weighted by Gasteiger charge is 2.38. The van der Waals surface area contributed by atoms with Crippen LogP contribution in [0, 0.1) is 27.7 Å². The lowest BCUT2D eigenvalue weighted by Gasteiger charge is -2.26. The second-order valence-corrected chi connectivity index (χ2v) is 15.7. The zero-order valence-corrected chi connectivity index (χ0v) is 29.4. The summed E-state index contributed by atoms with van der Waals surface area (Å²) in [6.07, 6.45) is 0. The minimum absolute atomic E-state index is 0.0868. The summed E-state index contributed by atoms with van der Waals surface area (Å²) >= 11 is 0. The van der Waals surface area contributed by atoms with Crippen LogP contribution in [0.2, 0.25) is 0 Å². The molecule has 0 saturated carbocycles. The number of fused-ring (bicyclic) bond motifs is 8. The topological polar surface area (TPSA) is 0 Å². The molecule has 0 radical (unpaired) electrons. The number of hydrogen-bond donors (Lipinski definition) is 0. The standard InChI is InChI=1S/C48H42/c1-27-17-28(2)20-31(19-27)45-37-23-35-33-13-9-11-15-41(33)47(5,6)43(35)25-39(37)46(32-21-29(3)18-30(4)22-32)40-26-44-36(24-38(40)45)34-14-10-12-16-42(34)48(44,7)8/h9-26H,1-8H3. The van der Waals surface area contributed by atoms with Crippen LogP contribution in [0.15, 0.2) is 109 Å². The molecule has 0 spiro atoms. The van der Waals surface area contributed by atoms with E-state index in [9.17, 15) is 0 Å². The molecule has 0 unspecified atom stereocenters. The van der Waals surface area contributed by atoms with Crippen molar-refractivity contribution >= 4 is 21.5 Å². The Hall–Kier alpha value is -4.94. The summed E-state index contributed by atoms with van der Waals surface area (Å²) in [6.45, 7) is 18.5. The highest BCUT2D eigenvalue weighted by Crippen LogP contribution is 2.56. The average Bonchev–Trinajstić information content (AvgIpc) is 3.40. The SMILES string of the molecule is Cc1cc(C)cc(-c2c3cc4c(cc3c(-c3cc(C)cc(C)c3)c3cc5c(cc23)-c2ccccc2C5(C)C)C(C)(C)c2ccccc2-4)c1. The van der Waals surface area contributed by atoms with E-state index in [4.69, 9.17) is 0 Å². The van der Waals surface area contributed by atoms with Gasteiger partial charge in [0.05, 0.1) is 0 Å². The molecular formula is C48H42. The van der Waals surface area contributed by atoms with Gasteiger partial charge in [-0.1, -0.05) is 135 Å². The molecule has 7 aromatic rings. The summed E-state index contributed by atoms with van der Waals surface area (Å²) < 4.78 is 0. The van der Waals surface area contributed by atoms with Gasteiger partial charge >= 0.3 is 0 Å². The summed E-state index contributed by atoms with van der Waals surface area (Å²) in [5, 5.41) is 5.35. The van der Waals surface area contributed by atoms with Gasteiger partial charge in [-0.2, -0.15) is 0 Å². The average molecular weight is 619 g/mol. The van der Waals surface area contributed by atoms with Crippen LogP contribution in [-0.2, 0) is 10.8 Å². The van der Waals surface area contributed by atoms with Crippen LogP contribution >= 0.6 is 0 Å². The Morgan fingerprint density at radius 1 is 0.333 bits per heavy atom. The van der Waals surface area contributed by atoms with E-state index in [0.29, 0.717) is 0 Å². The minimum atomic E-state index is -0.0868. The first-order valence-electron chi connectivity index (χ1n) is 17.4. The van der Waals surface area contributed by atoms with E-state index in [1.165, 1.54) is 111 Å². The summed E-state index contributed by atoms with van der Waals surface area (Å²) in [7, 11) is 0. The second-order valence-electron chi connectivity index (χ2n) is 15.7. The van der Waals surface area contributed by atoms with E-state index in [2.05, 4.69) is 165 Å². The van der Waals surface area contributed by atoms with Gasteiger partial charge in [0.25, 0.3) is 0 Å². The van der Waals surface area contributed by atoms with Crippen molar-refractivity contribution in [2.45, 2.75) is 66.2 Å². The lowest BCUT2D eigenvalue weighted by atomic mass is 9.77. The van der Waals surface area contributed by atoms with Crippen molar-refractivity contribution < 1.29 is 0 Å². The van der Waals surface area contributed by atoms with Crippen molar-refractivity contribution in [1.29, 1.82) is 0 Å². The van der Waals surface area contributed by atoms with Crippen molar-refractivity contribution in [2.24, 2.45) is 0 Å². The number of benzene rings is 7. The lowest BCUT2D eigenvalue weighted by Crippen LogP contribution is -2.15. The van der Waals surface area contributed by atoms with Crippen molar-refractivity contribution in [1.82, 2.24) is 0 Å². The van der Waals surface area contributed by atoms with E-state index in [-0.39, 0.29) is 10.8 Å². The molecule has 234 valence electrons.